The number of ether oxygens (including phenoxy) is 2. The minimum absolute atomic E-state index is 0.118. The smallest absolute Gasteiger partial charge is 0.419 e. The van der Waals surface area contributed by atoms with E-state index in [1.807, 2.05) is 18.2 Å². The fourth-order valence-corrected chi connectivity index (χ4v) is 2.72. The average Bonchev–Trinajstić information content (AvgIpc) is 2.93. The standard InChI is InChI=1S/C19H20N2O5/c1-21-14-11-13(6-8-15(14)26-19(21)23)20-18(22)9-5-12-4-7-16(24-2)17(10-12)25-3/h4,6-8,10-11H,5,9H2,1-3H3,(H,20,22). The maximum Gasteiger partial charge on any atom is 0.419 e. The number of aromatic nitrogens is 1. The van der Waals surface area contributed by atoms with Gasteiger partial charge in [-0.3, -0.25) is 9.36 Å². The van der Waals surface area contributed by atoms with Crippen LogP contribution in [0.4, 0.5) is 5.69 Å². The Kier molecular flexibility index (Phi) is 4.97. The van der Waals surface area contributed by atoms with Gasteiger partial charge in [0, 0.05) is 19.2 Å². The minimum Gasteiger partial charge on any atom is -0.493 e. The van der Waals surface area contributed by atoms with Gasteiger partial charge in [-0.2, -0.15) is 0 Å². The highest BCUT2D eigenvalue weighted by Gasteiger charge is 2.10. The number of carbonyl (C=O) groups excluding carboxylic acids is 1. The zero-order valence-corrected chi connectivity index (χ0v) is 14.9. The van der Waals surface area contributed by atoms with E-state index in [0.717, 1.165) is 5.56 Å². The summed E-state index contributed by atoms with van der Waals surface area (Å²) < 4.78 is 17.0. The zero-order chi connectivity index (χ0) is 18.7. The third kappa shape index (κ3) is 3.56. The second-order valence-electron chi connectivity index (χ2n) is 5.85. The van der Waals surface area contributed by atoms with Gasteiger partial charge >= 0.3 is 5.76 Å². The number of fused-ring (bicyclic) bond motifs is 1. The molecule has 0 bridgehead atoms. The SMILES string of the molecule is COc1ccc(CCC(=O)Nc2ccc3oc(=O)n(C)c3c2)cc1OC. The van der Waals surface area contributed by atoms with E-state index in [0.29, 0.717) is 41.1 Å². The first-order valence-corrected chi connectivity index (χ1v) is 8.12. The van der Waals surface area contributed by atoms with Gasteiger partial charge in [-0.15, -0.1) is 0 Å². The van der Waals surface area contributed by atoms with Crippen molar-refractivity contribution in [1.29, 1.82) is 0 Å². The van der Waals surface area contributed by atoms with E-state index in [1.54, 1.807) is 39.5 Å². The first-order chi connectivity index (χ1) is 12.5. The van der Waals surface area contributed by atoms with E-state index in [-0.39, 0.29) is 5.91 Å². The van der Waals surface area contributed by atoms with Crippen molar-refractivity contribution in [2.75, 3.05) is 19.5 Å². The minimum atomic E-state index is -0.433. The molecule has 0 fully saturated rings. The molecular formula is C19H20N2O5. The van der Waals surface area contributed by atoms with Crippen molar-refractivity contribution in [1.82, 2.24) is 4.57 Å². The van der Waals surface area contributed by atoms with Crippen molar-refractivity contribution in [3.63, 3.8) is 0 Å². The Balaban J connectivity index is 1.66. The number of nitrogens with zero attached hydrogens (tertiary/aromatic N) is 1. The van der Waals surface area contributed by atoms with Gasteiger partial charge in [0.05, 0.1) is 19.7 Å². The van der Waals surface area contributed by atoms with Crippen LogP contribution >= 0.6 is 0 Å². The summed E-state index contributed by atoms with van der Waals surface area (Å²) in [6.07, 6.45) is 0.885. The van der Waals surface area contributed by atoms with Crippen LogP contribution in [0, 0.1) is 0 Å². The second-order valence-corrected chi connectivity index (χ2v) is 5.85. The first-order valence-electron chi connectivity index (χ1n) is 8.12. The number of nitrogens with one attached hydrogen (secondary N) is 1. The van der Waals surface area contributed by atoms with Crippen molar-refractivity contribution in [3.05, 3.63) is 52.5 Å². The van der Waals surface area contributed by atoms with Crippen LogP contribution in [0.15, 0.2) is 45.6 Å². The maximum absolute atomic E-state index is 12.2. The van der Waals surface area contributed by atoms with Gasteiger partial charge in [0.2, 0.25) is 5.91 Å². The molecule has 0 saturated heterocycles. The Morgan fingerprint density at radius 2 is 1.88 bits per heavy atom. The summed E-state index contributed by atoms with van der Waals surface area (Å²) in [7, 11) is 4.78. The van der Waals surface area contributed by atoms with Crippen molar-refractivity contribution in [2.45, 2.75) is 12.8 Å². The van der Waals surface area contributed by atoms with E-state index >= 15 is 0 Å². The molecule has 0 saturated carbocycles. The van der Waals surface area contributed by atoms with Crippen LogP contribution < -0.4 is 20.5 Å². The molecule has 0 unspecified atom stereocenters. The number of methoxy groups -OCH3 is 2. The number of carbonyl (C=O) groups is 1. The topological polar surface area (TPSA) is 82.7 Å². The van der Waals surface area contributed by atoms with Gasteiger partial charge in [0.25, 0.3) is 0 Å². The molecule has 0 aliphatic carbocycles. The summed E-state index contributed by atoms with van der Waals surface area (Å²) in [6.45, 7) is 0. The normalized spacial score (nSPS) is 10.7. The van der Waals surface area contributed by atoms with Crippen LogP contribution in [0.3, 0.4) is 0 Å². The van der Waals surface area contributed by atoms with E-state index in [9.17, 15) is 9.59 Å². The number of benzene rings is 2. The maximum atomic E-state index is 12.2. The molecule has 0 aliphatic heterocycles. The van der Waals surface area contributed by atoms with E-state index in [4.69, 9.17) is 13.9 Å². The summed E-state index contributed by atoms with van der Waals surface area (Å²) in [5, 5.41) is 2.84. The lowest BCUT2D eigenvalue weighted by Crippen LogP contribution is -2.12. The molecule has 0 atom stereocenters. The summed E-state index contributed by atoms with van der Waals surface area (Å²) in [5.41, 5.74) is 2.71. The molecule has 1 aromatic heterocycles. The van der Waals surface area contributed by atoms with Crippen LogP contribution in [-0.2, 0) is 18.3 Å². The molecule has 3 aromatic rings. The largest absolute Gasteiger partial charge is 0.493 e. The molecule has 7 heteroatoms. The number of rotatable bonds is 6. The quantitative estimate of drug-likeness (QED) is 0.734. The van der Waals surface area contributed by atoms with Gasteiger partial charge in [-0.25, -0.2) is 4.79 Å². The Morgan fingerprint density at radius 3 is 2.62 bits per heavy atom. The molecule has 0 aliphatic rings. The zero-order valence-electron chi connectivity index (χ0n) is 14.9. The van der Waals surface area contributed by atoms with E-state index in [1.165, 1.54) is 4.57 Å². The predicted octanol–water partition coefficient (Wildman–Crippen LogP) is 2.72. The fraction of sp³-hybridized carbons (Fsp3) is 0.263. The number of oxazole rings is 1. The highest BCUT2D eigenvalue weighted by atomic mass is 16.5. The average molecular weight is 356 g/mol. The summed E-state index contributed by atoms with van der Waals surface area (Å²) in [5.74, 6) is 0.737. The Labute approximate surface area is 150 Å². The lowest BCUT2D eigenvalue weighted by molar-refractivity contribution is -0.116. The molecule has 7 nitrogen and oxygen atoms in total. The van der Waals surface area contributed by atoms with Crippen molar-refractivity contribution in [2.24, 2.45) is 7.05 Å². The fourth-order valence-electron chi connectivity index (χ4n) is 2.72. The van der Waals surface area contributed by atoms with Gasteiger partial charge in [0.15, 0.2) is 17.1 Å². The van der Waals surface area contributed by atoms with Crippen LogP contribution in [0.5, 0.6) is 11.5 Å². The van der Waals surface area contributed by atoms with Gasteiger partial charge < -0.3 is 19.2 Å². The Bertz CT molecular complexity index is 1000. The number of aryl methyl sites for hydroxylation is 2. The van der Waals surface area contributed by atoms with E-state index in [2.05, 4.69) is 5.32 Å². The summed E-state index contributed by atoms with van der Waals surface area (Å²) in [4.78, 5) is 23.7. The highest BCUT2D eigenvalue weighted by molar-refractivity contribution is 5.92. The third-order valence-corrected chi connectivity index (χ3v) is 4.16. The van der Waals surface area contributed by atoms with Crippen LogP contribution in [0.2, 0.25) is 0 Å². The number of anilines is 1. The molecule has 2 aromatic carbocycles. The molecule has 1 amide bonds. The second kappa shape index (κ2) is 7.35. The summed E-state index contributed by atoms with van der Waals surface area (Å²) >= 11 is 0. The lowest BCUT2D eigenvalue weighted by Gasteiger charge is -2.10. The van der Waals surface area contributed by atoms with E-state index < -0.39 is 5.76 Å². The number of hydrogen-bond acceptors (Lipinski definition) is 5. The molecule has 3 rings (SSSR count). The third-order valence-electron chi connectivity index (χ3n) is 4.16. The number of amides is 1. The monoisotopic (exact) mass is 356 g/mol. The molecule has 0 spiro atoms. The van der Waals surface area contributed by atoms with Gasteiger partial charge in [0.1, 0.15) is 0 Å². The predicted molar refractivity (Wildman–Crippen MR) is 98.0 cm³/mol. The van der Waals surface area contributed by atoms with Gasteiger partial charge in [-0.1, -0.05) is 6.07 Å². The lowest BCUT2D eigenvalue weighted by atomic mass is 10.1. The van der Waals surface area contributed by atoms with Gasteiger partial charge in [-0.05, 0) is 42.3 Å². The molecule has 1 N–H and O–H groups in total. The highest BCUT2D eigenvalue weighted by Crippen LogP contribution is 2.28. The Hall–Kier alpha value is -3.22. The number of hydrogen-bond donors (Lipinski definition) is 1. The van der Waals surface area contributed by atoms with Crippen molar-refractivity contribution >= 4 is 22.7 Å². The molecule has 26 heavy (non-hydrogen) atoms. The molecule has 136 valence electrons. The van der Waals surface area contributed by atoms with Crippen LogP contribution in [-0.4, -0.2) is 24.7 Å². The Morgan fingerprint density at radius 1 is 1.12 bits per heavy atom. The van der Waals surface area contributed by atoms with Crippen molar-refractivity contribution < 1.29 is 18.7 Å². The summed E-state index contributed by atoms with van der Waals surface area (Å²) in [6, 6.07) is 10.7. The van der Waals surface area contributed by atoms with Crippen LogP contribution in [0.25, 0.3) is 11.1 Å². The first kappa shape index (κ1) is 17.6. The molecular weight excluding hydrogens is 336 g/mol. The molecule has 0 radical (unpaired) electrons. The van der Waals surface area contributed by atoms with Crippen molar-refractivity contribution in [3.8, 4) is 11.5 Å². The molecule has 1 heterocycles. The van der Waals surface area contributed by atoms with Crippen LogP contribution in [0.1, 0.15) is 12.0 Å².